The Morgan fingerprint density at radius 3 is 1.04 bits per heavy atom. The van der Waals surface area contributed by atoms with E-state index in [9.17, 15) is 0 Å². The van der Waals surface area contributed by atoms with Crippen LogP contribution in [0.2, 0.25) is 0 Å². The minimum Gasteiger partial charge on any atom is -0.264 e. The molecule has 0 aliphatic heterocycles. The van der Waals surface area contributed by atoms with Crippen molar-refractivity contribution in [3.05, 3.63) is 313 Å². The second-order valence-corrected chi connectivity index (χ2v) is 20.5. The second kappa shape index (κ2) is 19.8. The molecule has 3 aliphatic carbocycles. The number of nitrogens with zero attached hydrogens (tertiary/aromatic N) is 6. The first-order chi connectivity index (χ1) is 39.7. The predicted octanol–water partition coefficient (Wildman–Crippen LogP) is 17.7. The van der Waals surface area contributed by atoms with Crippen molar-refractivity contribution in [3.8, 4) is 112 Å². The van der Waals surface area contributed by atoms with Crippen LogP contribution >= 0.6 is 0 Å². The Labute approximate surface area is 464 Å². The van der Waals surface area contributed by atoms with Gasteiger partial charge in [0, 0.05) is 81.1 Å². The van der Waals surface area contributed by atoms with Crippen molar-refractivity contribution >= 4 is 0 Å². The minimum atomic E-state index is 0.0450. The van der Waals surface area contributed by atoms with E-state index in [1.807, 2.05) is 61.2 Å². The Kier molecular flexibility index (Phi) is 11.6. The molecule has 0 amide bonds. The normalized spacial score (nSPS) is 13.8. The van der Waals surface area contributed by atoms with Crippen LogP contribution in [0.4, 0.5) is 0 Å². The Morgan fingerprint density at radius 2 is 0.562 bits per heavy atom. The summed E-state index contributed by atoms with van der Waals surface area (Å²) in [7, 11) is 0. The van der Waals surface area contributed by atoms with Gasteiger partial charge in [0.25, 0.3) is 0 Å². The van der Waals surface area contributed by atoms with Crippen LogP contribution in [0.3, 0.4) is 0 Å². The largest absolute Gasteiger partial charge is 0.264 e. The maximum atomic E-state index is 5.43. The van der Waals surface area contributed by atoms with Crippen molar-refractivity contribution in [2.24, 2.45) is 0 Å². The van der Waals surface area contributed by atoms with Gasteiger partial charge in [0.1, 0.15) is 0 Å². The van der Waals surface area contributed by atoms with E-state index in [0.717, 1.165) is 101 Å². The van der Waals surface area contributed by atoms with Crippen molar-refractivity contribution in [3.63, 3.8) is 0 Å². The molecule has 3 aliphatic rings. The molecule has 0 fully saturated rings. The van der Waals surface area contributed by atoms with E-state index in [-0.39, 0.29) is 11.8 Å². The van der Waals surface area contributed by atoms with Crippen LogP contribution in [0.5, 0.6) is 0 Å². The number of aromatic nitrogens is 6. The first-order valence-corrected chi connectivity index (χ1v) is 27.1. The third kappa shape index (κ3) is 8.21. The van der Waals surface area contributed by atoms with E-state index in [4.69, 9.17) is 19.9 Å². The fourth-order valence-electron chi connectivity index (χ4n) is 12.3. The zero-order chi connectivity index (χ0) is 52.9. The molecule has 2 atom stereocenters. The van der Waals surface area contributed by atoms with E-state index in [1.54, 1.807) is 0 Å². The zero-order valence-electron chi connectivity index (χ0n) is 43.4. The van der Waals surface area contributed by atoms with Gasteiger partial charge in [0.2, 0.25) is 0 Å². The third-order valence-corrected chi connectivity index (χ3v) is 15.9. The number of pyridine rings is 2. The van der Waals surface area contributed by atoms with Gasteiger partial charge in [-0.15, -0.1) is 0 Å². The number of benzene rings is 9. The molecular weight excluding hydrogens is 973 g/mol. The lowest BCUT2D eigenvalue weighted by atomic mass is 9.60. The average Bonchev–Trinajstić information content (AvgIpc) is 3.64. The summed E-state index contributed by atoms with van der Waals surface area (Å²) in [6.45, 7) is 0. The van der Waals surface area contributed by atoms with Crippen LogP contribution in [-0.4, -0.2) is 29.9 Å². The van der Waals surface area contributed by atoms with Gasteiger partial charge in [0.15, 0.2) is 11.6 Å². The van der Waals surface area contributed by atoms with Gasteiger partial charge < -0.3 is 0 Å². The van der Waals surface area contributed by atoms with Crippen molar-refractivity contribution in [2.75, 3.05) is 0 Å². The highest BCUT2D eigenvalue weighted by Crippen LogP contribution is 2.57. The highest BCUT2D eigenvalue weighted by Gasteiger charge is 2.41. The van der Waals surface area contributed by atoms with Crippen molar-refractivity contribution in [2.45, 2.75) is 11.8 Å². The summed E-state index contributed by atoms with van der Waals surface area (Å²) in [5.74, 6) is 1.44. The molecule has 13 aromatic rings. The predicted molar refractivity (Wildman–Crippen MR) is 322 cm³/mol. The van der Waals surface area contributed by atoms with Crippen molar-refractivity contribution < 1.29 is 0 Å². The van der Waals surface area contributed by atoms with Gasteiger partial charge in [-0.3, -0.25) is 9.97 Å². The molecule has 80 heavy (non-hydrogen) atoms. The molecule has 0 radical (unpaired) electrons. The van der Waals surface area contributed by atoms with Gasteiger partial charge in [-0.25, -0.2) is 19.9 Å². The van der Waals surface area contributed by atoms with E-state index in [2.05, 4.69) is 228 Å². The first-order valence-electron chi connectivity index (χ1n) is 27.1. The quantitative estimate of drug-likeness (QED) is 0.136. The molecule has 0 N–H and O–H groups in total. The van der Waals surface area contributed by atoms with Gasteiger partial charge in [0.05, 0.1) is 22.8 Å². The standard InChI is InChI=1S/C74H48N6/c1-3-19-47(20-4-1)67-43-68(58-30-12-8-27-55(58)51-23-17-39-75-45-51)80-74(77-67)64-34-16-10-26-54(64)50-36-38-63-66(42-50)72-61-33-15-14-32-60(61)71(63)65-41-49(35-37-62(65)72)53-25-7-11-29-57(53)69-44-70(79-73(78-69)48-21-5-2-6-22-48)59-31-13-9-28-56(59)52-24-18-40-76-46-52/h1-46,71-72H. The van der Waals surface area contributed by atoms with Crippen molar-refractivity contribution in [1.82, 2.24) is 29.9 Å². The van der Waals surface area contributed by atoms with Crippen molar-refractivity contribution in [1.29, 1.82) is 0 Å². The lowest BCUT2D eigenvalue weighted by Gasteiger charge is -2.42. The highest BCUT2D eigenvalue weighted by molar-refractivity contribution is 5.90. The Morgan fingerprint density at radius 1 is 0.212 bits per heavy atom. The Hall–Kier alpha value is -10.6. The SMILES string of the molecule is c1ccc(-c2cc(-c3ccccc3-c3cccnc3)nc(-c3ccccc3-c3ccc4c(c3)C3c5ccccc5C4c4cc(-c5ccccc5-c5cc(-c6ccccc6-c6cccnc6)nc(-c6ccccc6)n5)ccc43)n2)cc1. The zero-order valence-corrected chi connectivity index (χ0v) is 43.4. The molecule has 0 saturated carbocycles. The Balaban J connectivity index is 0.836. The monoisotopic (exact) mass is 1020 g/mol. The summed E-state index contributed by atoms with van der Waals surface area (Å²) in [6, 6.07) is 90.6. The number of hydrogen-bond donors (Lipinski definition) is 0. The van der Waals surface area contributed by atoms with Gasteiger partial charge >= 0.3 is 0 Å². The van der Waals surface area contributed by atoms with Gasteiger partial charge in [-0.1, -0.05) is 218 Å². The van der Waals surface area contributed by atoms with Crippen LogP contribution in [0.15, 0.2) is 280 Å². The molecule has 16 rings (SSSR count). The number of rotatable bonds is 10. The van der Waals surface area contributed by atoms with E-state index < -0.39 is 0 Å². The fraction of sp³-hybridized carbons (Fsp3) is 0.0270. The molecule has 2 unspecified atom stereocenters. The first kappa shape index (κ1) is 46.7. The minimum absolute atomic E-state index is 0.0450. The van der Waals surface area contributed by atoms with E-state index in [1.165, 1.54) is 33.4 Å². The third-order valence-electron chi connectivity index (χ3n) is 15.9. The summed E-state index contributed by atoms with van der Waals surface area (Å²) < 4.78 is 0. The molecule has 374 valence electrons. The Bertz CT molecular complexity index is 4200. The molecule has 0 saturated heterocycles. The van der Waals surface area contributed by atoms with Crippen LogP contribution in [-0.2, 0) is 0 Å². The fourth-order valence-corrected chi connectivity index (χ4v) is 12.3. The van der Waals surface area contributed by atoms with E-state index >= 15 is 0 Å². The molecule has 9 aromatic carbocycles. The van der Waals surface area contributed by atoms with E-state index in [0.29, 0.717) is 11.6 Å². The van der Waals surface area contributed by atoms with Crippen LogP contribution in [0, 0.1) is 0 Å². The maximum absolute atomic E-state index is 5.43. The average molecular weight is 1020 g/mol. The maximum Gasteiger partial charge on any atom is 0.161 e. The smallest absolute Gasteiger partial charge is 0.161 e. The summed E-state index contributed by atoms with van der Waals surface area (Å²) >= 11 is 0. The molecule has 0 spiro atoms. The number of hydrogen-bond acceptors (Lipinski definition) is 6. The lowest BCUT2D eigenvalue weighted by molar-refractivity contribution is 0.755. The molecular formula is C74H48N6. The molecule has 4 heterocycles. The summed E-state index contributed by atoms with van der Waals surface area (Å²) in [4.78, 5) is 30.3. The molecule has 6 nitrogen and oxygen atoms in total. The van der Waals surface area contributed by atoms with Crippen LogP contribution in [0.1, 0.15) is 45.2 Å². The molecule has 2 bridgehead atoms. The summed E-state index contributed by atoms with van der Waals surface area (Å²) in [5.41, 5.74) is 26.2. The molecule has 6 heteroatoms. The lowest BCUT2D eigenvalue weighted by Crippen LogP contribution is -2.27. The van der Waals surface area contributed by atoms with Crippen LogP contribution < -0.4 is 0 Å². The van der Waals surface area contributed by atoms with Crippen LogP contribution in [0.25, 0.3) is 112 Å². The molecule has 4 aromatic heterocycles. The van der Waals surface area contributed by atoms with Gasteiger partial charge in [-0.2, -0.15) is 0 Å². The topological polar surface area (TPSA) is 77.3 Å². The highest BCUT2D eigenvalue weighted by atomic mass is 14.9. The summed E-state index contributed by atoms with van der Waals surface area (Å²) in [6.07, 6.45) is 7.44. The summed E-state index contributed by atoms with van der Waals surface area (Å²) in [5, 5.41) is 0. The van der Waals surface area contributed by atoms with Gasteiger partial charge in [-0.05, 0) is 103 Å². The second-order valence-electron chi connectivity index (χ2n) is 20.5.